The van der Waals surface area contributed by atoms with E-state index < -0.39 is 12.1 Å². The summed E-state index contributed by atoms with van der Waals surface area (Å²) < 4.78 is 1.55. The smallest absolute Gasteiger partial charge is 0.337 e. The third-order valence-corrected chi connectivity index (χ3v) is 3.71. The molecule has 14 heavy (non-hydrogen) atoms. The van der Waals surface area contributed by atoms with E-state index in [0.29, 0.717) is 5.56 Å². The van der Waals surface area contributed by atoms with E-state index in [1.54, 1.807) is 6.07 Å². The molecule has 3 nitrogen and oxygen atoms in total. The molecule has 0 radical (unpaired) electrons. The van der Waals surface area contributed by atoms with Crippen molar-refractivity contribution >= 4 is 44.5 Å². The Morgan fingerprint density at radius 1 is 1.57 bits per heavy atom. The Balaban J connectivity index is 3.26. The van der Waals surface area contributed by atoms with Crippen LogP contribution >= 0.6 is 38.5 Å². The number of carbonyl (C=O) groups is 1. The quantitative estimate of drug-likeness (QED) is 0.786. The number of rotatable bonds is 2. The average Bonchev–Trinajstić information content (AvgIpc) is 2.09. The zero-order valence-corrected chi connectivity index (χ0v) is 11.0. The van der Waals surface area contributed by atoms with E-state index >= 15 is 0 Å². The van der Waals surface area contributed by atoms with Crippen LogP contribution in [-0.2, 0) is 4.79 Å². The molecule has 0 aliphatic carbocycles. The number of halogens is 2. The van der Waals surface area contributed by atoms with Crippen LogP contribution in [0.2, 0.25) is 0 Å². The molecule has 0 heterocycles. The van der Waals surface area contributed by atoms with Gasteiger partial charge in [-0.1, -0.05) is 15.9 Å². The topological polar surface area (TPSA) is 57.5 Å². The van der Waals surface area contributed by atoms with Gasteiger partial charge in [0, 0.05) is 13.6 Å². The van der Waals surface area contributed by atoms with E-state index in [-0.39, 0.29) is 0 Å². The average molecular weight is 371 g/mol. The van der Waals surface area contributed by atoms with Crippen molar-refractivity contribution in [2.24, 2.45) is 0 Å². The van der Waals surface area contributed by atoms with Gasteiger partial charge in [0.2, 0.25) is 0 Å². The molecule has 2 N–H and O–H groups in total. The second-order valence-corrected chi connectivity index (χ2v) is 4.86. The monoisotopic (exact) mass is 370 g/mol. The lowest BCUT2D eigenvalue weighted by Gasteiger charge is -2.11. The van der Waals surface area contributed by atoms with Gasteiger partial charge >= 0.3 is 5.97 Å². The highest BCUT2D eigenvalue weighted by Gasteiger charge is 2.20. The first kappa shape index (κ1) is 11.9. The van der Waals surface area contributed by atoms with E-state index in [4.69, 9.17) is 5.11 Å². The maximum Gasteiger partial charge on any atom is 0.337 e. The number of carboxylic acids is 1. The van der Waals surface area contributed by atoms with Crippen molar-refractivity contribution < 1.29 is 15.0 Å². The zero-order valence-electron chi connectivity index (χ0n) is 7.29. The Morgan fingerprint density at radius 3 is 2.64 bits per heavy atom. The molecule has 0 amide bonds. The van der Waals surface area contributed by atoms with E-state index in [0.717, 1.165) is 13.6 Å². The molecule has 0 fully saturated rings. The SMILES string of the molecule is Cc1cc(Br)cc(C(O)C(=O)O)c1I. The highest BCUT2D eigenvalue weighted by atomic mass is 127. The van der Waals surface area contributed by atoms with Crippen molar-refractivity contribution in [3.05, 3.63) is 31.3 Å². The molecule has 0 saturated carbocycles. The summed E-state index contributed by atoms with van der Waals surface area (Å²) in [5.74, 6) is -1.24. The summed E-state index contributed by atoms with van der Waals surface area (Å²) in [6.07, 6.45) is -1.46. The van der Waals surface area contributed by atoms with Crippen LogP contribution in [0, 0.1) is 10.5 Å². The van der Waals surface area contributed by atoms with Gasteiger partial charge in [-0.25, -0.2) is 4.79 Å². The van der Waals surface area contributed by atoms with Crippen LogP contribution in [0.25, 0.3) is 0 Å². The Kier molecular flexibility index (Phi) is 3.91. The van der Waals surface area contributed by atoms with Crippen LogP contribution < -0.4 is 0 Å². The third-order valence-electron chi connectivity index (χ3n) is 1.78. The molecule has 76 valence electrons. The minimum absolute atomic E-state index is 0.421. The van der Waals surface area contributed by atoms with Gasteiger partial charge in [0.1, 0.15) is 0 Å². The predicted octanol–water partition coefficient (Wildman–Crippen LogP) is 2.48. The summed E-state index contributed by atoms with van der Waals surface area (Å²) in [5, 5.41) is 18.1. The Labute approximate surface area is 103 Å². The van der Waals surface area contributed by atoms with E-state index in [1.165, 1.54) is 0 Å². The Hall–Kier alpha value is -0.140. The largest absolute Gasteiger partial charge is 0.479 e. The summed E-state index contributed by atoms with van der Waals surface area (Å²) in [6, 6.07) is 3.49. The number of aliphatic hydroxyl groups is 1. The lowest BCUT2D eigenvalue weighted by atomic mass is 10.1. The first-order valence-electron chi connectivity index (χ1n) is 3.80. The van der Waals surface area contributed by atoms with Crippen molar-refractivity contribution in [1.29, 1.82) is 0 Å². The van der Waals surface area contributed by atoms with Crippen molar-refractivity contribution in [2.75, 3.05) is 0 Å². The van der Waals surface area contributed by atoms with Gasteiger partial charge in [0.25, 0.3) is 0 Å². The van der Waals surface area contributed by atoms with Crippen LogP contribution in [0.4, 0.5) is 0 Å². The Morgan fingerprint density at radius 2 is 2.14 bits per heavy atom. The van der Waals surface area contributed by atoms with Gasteiger partial charge in [-0.05, 0) is 47.2 Å². The summed E-state index contributed by atoms with van der Waals surface area (Å²) >= 11 is 5.28. The molecular formula is C9H8BrIO3. The molecule has 5 heteroatoms. The van der Waals surface area contributed by atoms with Crippen molar-refractivity contribution in [2.45, 2.75) is 13.0 Å². The molecule has 0 aliphatic rings. The van der Waals surface area contributed by atoms with E-state index in [1.807, 2.05) is 35.6 Å². The molecule has 1 unspecified atom stereocenters. The van der Waals surface area contributed by atoms with Crippen molar-refractivity contribution in [3.63, 3.8) is 0 Å². The van der Waals surface area contributed by atoms with Gasteiger partial charge in [0.05, 0.1) is 0 Å². The molecule has 0 aliphatic heterocycles. The van der Waals surface area contributed by atoms with Gasteiger partial charge in [-0.2, -0.15) is 0 Å². The van der Waals surface area contributed by atoms with Crippen molar-refractivity contribution in [1.82, 2.24) is 0 Å². The second kappa shape index (κ2) is 4.59. The first-order valence-corrected chi connectivity index (χ1v) is 5.67. The van der Waals surface area contributed by atoms with Crippen LogP contribution in [0.3, 0.4) is 0 Å². The third kappa shape index (κ3) is 2.46. The normalized spacial score (nSPS) is 12.6. The number of hydrogen-bond donors (Lipinski definition) is 2. The number of aliphatic carboxylic acids is 1. The minimum Gasteiger partial charge on any atom is -0.479 e. The lowest BCUT2D eigenvalue weighted by molar-refractivity contribution is -0.147. The number of carboxylic acid groups (broad SMARTS) is 1. The molecule has 1 aromatic rings. The molecule has 1 rings (SSSR count). The van der Waals surface area contributed by atoms with Gasteiger partial charge < -0.3 is 10.2 Å². The van der Waals surface area contributed by atoms with E-state index in [9.17, 15) is 9.90 Å². The van der Waals surface area contributed by atoms with Crippen LogP contribution in [0.5, 0.6) is 0 Å². The molecule has 0 aromatic heterocycles. The van der Waals surface area contributed by atoms with Crippen molar-refractivity contribution in [3.8, 4) is 0 Å². The van der Waals surface area contributed by atoms with Gasteiger partial charge in [0.15, 0.2) is 6.10 Å². The highest BCUT2D eigenvalue weighted by molar-refractivity contribution is 14.1. The number of aliphatic hydroxyl groups excluding tert-OH is 1. The zero-order chi connectivity index (χ0) is 10.9. The number of hydrogen-bond acceptors (Lipinski definition) is 2. The minimum atomic E-state index is -1.46. The number of benzene rings is 1. The molecule has 1 aromatic carbocycles. The fraction of sp³-hybridized carbons (Fsp3) is 0.222. The highest BCUT2D eigenvalue weighted by Crippen LogP contribution is 2.27. The van der Waals surface area contributed by atoms with Gasteiger partial charge in [-0.15, -0.1) is 0 Å². The predicted molar refractivity (Wildman–Crippen MR) is 64.2 cm³/mol. The molecular weight excluding hydrogens is 363 g/mol. The lowest BCUT2D eigenvalue weighted by Crippen LogP contribution is -2.12. The van der Waals surface area contributed by atoms with Crippen LogP contribution in [-0.4, -0.2) is 16.2 Å². The maximum atomic E-state index is 10.6. The molecule has 1 atom stereocenters. The fourth-order valence-electron chi connectivity index (χ4n) is 1.08. The summed E-state index contributed by atoms with van der Waals surface area (Å²) in [5.41, 5.74) is 1.36. The van der Waals surface area contributed by atoms with Crippen LogP contribution in [0.15, 0.2) is 16.6 Å². The first-order chi connectivity index (χ1) is 6.43. The van der Waals surface area contributed by atoms with Gasteiger partial charge in [-0.3, -0.25) is 0 Å². The second-order valence-electron chi connectivity index (χ2n) is 2.87. The summed E-state index contributed by atoms with van der Waals surface area (Å²) in [4.78, 5) is 10.6. The maximum absolute atomic E-state index is 10.6. The number of aryl methyl sites for hydroxylation is 1. The standard InChI is InChI=1S/C9H8BrIO3/c1-4-2-5(10)3-6(7(4)11)8(12)9(13)14/h2-3,8,12H,1H3,(H,13,14). The summed E-state index contributed by atoms with van der Waals surface area (Å²) in [7, 11) is 0. The Bertz CT molecular complexity index is 379. The van der Waals surface area contributed by atoms with E-state index in [2.05, 4.69) is 15.9 Å². The molecule has 0 bridgehead atoms. The molecule has 0 spiro atoms. The van der Waals surface area contributed by atoms with Crippen LogP contribution in [0.1, 0.15) is 17.2 Å². The molecule has 0 saturated heterocycles. The fourth-order valence-corrected chi connectivity index (χ4v) is 2.28. The summed E-state index contributed by atoms with van der Waals surface area (Å²) in [6.45, 7) is 1.87.